The number of hydrogen-bond donors (Lipinski definition) is 1. The minimum Gasteiger partial charge on any atom is -0.461 e. The van der Waals surface area contributed by atoms with Crippen LogP contribution in [0.3, 0.4) is 0 Å². The zero-order chi connectivity index (χ0) is 12.3. The standard InChI is InChI=1S/C13H22N2O2/c1-3-17-13(16)12-10(2)15(14-12)9-11-7-5-4-6-8-11/h11,14H,3-9H2,1-2H3. The quantitative estimate of drug-likeness (QED) is 0.820. The summed E-state index contributed by atoms with van der Waals surface area (Å²) in [5.41, 5.74) is 1.65. The third-order valence-electron chi connectivity index (χ3n) is 3.66. The van der Waals surface area contributed by atoms with E-state index in [9.17, 15) is 4.79 Å². The van der Waals surface area contributed by atoms with Crippen molar-refractivity contribution in [1.82, 2.24) is 9.78 Å². The molecule has 1 aliphatic rings. The Morgan fingerprint density at radius 2 is 2.12 bits per heavy atom. The van der Waals surface area contributed by atoms with Gasteiger partial charge in [0.2, 0.25) is 0 Å². The Hall–Kier alpha value is -1.19. The number of aromatic amines is 1. The summed E-state index contributed by atoms with van der Waals surface area (Å²) in [4.78, 5) is 11.5. The zero-order valence-corrected chi connectivity index (χ0v) is 10.8. The number of ether oxygens (including phenoxy) is 1. The van der Waals surface area contributed by atoms with E-state index in [1.54, 1.807) is 0 Å². The zero-order valence-electron chi connectivity index (χ0n) is 10.8. The molecule has 0 radical (unpaired) electrons. The van der Waals surface area contributed by atoms with Gasteiger partial charge in [0.25, 0.3) is 0 Å². The lowest BCUT2D eigenvalue weighted by molar-refractivity contribution is 0.0505. The first kappa shape index (κ1) is 12.3. The third-order valence-corrected chi connectivity index (χ3v) is 3.66. The highest BCUT2D eigenvalue weighted by Crippen LogP contribution is 2.26. The fourth-order valence-electron chi connectivity index (χ4n) is 2.59. The first-order valence-electron chi connectivity index (χ1n) is 6.64. The maximum Gasteiger partial charge on any atom is 0.358 e. The van der Waals surface area contributed by atoms with Crippen LogP contribution in [0.2, 0.25) is 0 Å². The van der Waals surface area contributed by atoms with E-state index >= 15 is 0 Å². The van der Waals surface area contributed by atoms with Gasteiger partial charge >= 0.3 is 5.97 Å². The van der Waals surface area contributed by atoms with Gasteiger partial charge in [-0.15, -0.1) is 0 Å². The average Bonchev–Trinajstić information content (AvgIpc) is 2.35. The van der Waals surface area contributed by atoms with Crippen molar-refractivity contribution in [1.29, 1.82) is 0 Å². The second-order valence-corrected chi connectivity index (χ2v) is 4.91. The molecule has 0 saturated heterocycles. The Labute approximate surface area is 102 Å². The number of hydrogen-bond acceptors (Lipinski definition) is 2. The number of carbonyl (C=O) groups excluding carboxylic acids is 1. The summed E-state index contributed by atoms with van der Waals surface area (Å²) >= 11 is 0. The molecule has 0 unspecified atom stereocenters. The highest BCUT2D eigenvalue weighted by Gasteiger charge is 2.21. The minimum atomic E-state index is -0.232. The molecule has 96 valence electrons. The van der Waals surface area contributed by atoms with Crippen LogP contribution in [-0.4, -0.2) is 22.4 Å². The van der Waals surface area contributed by atoms with Crippen LogP contribution in [0.5, 0.6) is 0 Å². The van der Waals surface area contributed by atoms with Crippen molar-refractivity contribution in [2.45, 2.75) is 52.5 Å². The highest BCUT2D eigenvalue weighted by atomic mass is 16.5. The number of carbonyl (C=O) groups is 1. The highest BCUT2D eigenvalue weighted by molar-refractivity contribution is 5.88. The van der Waals surface area contributed by atoms with Gasteiger partial charge in [-0.25, -0.2) is 4.79 Å². The van der Waals surface area contributed by atoms with Gasteiger partial charge in [0.15, 0.2) is 5.69 Å². The molecule has 1 N–H and O–H groups in total. The predicted molar refractivity (Wildman–Crippen MR) is 66.1 cm³/mol. The largest absolute Gasteiger partial charge is 0.461 e. The van der Waals surface area contributed by atoms with Gasteiger partial charge in [-0.05, 0) is 32.6 Å². The molecule has 0 atom stereocenters. The minimum absolute atomic E-state index is 0.232. The molecule has 0 aromatic carbocycles. The van der Waals surface area contributed by atoms with E-state index in [0.29, 0.717) is 12.3 Å². The summed E-state index contributed by atoms with van der Waals surface area (Å²) in [7, 11) is 0. The van der Waals surface area contributed by atoms with E-state index in [-0.39, 0.29) is 5.97 Å². The normalized spacial score (nSPS) is 17.3. The Balaban J connectivity index is 1.90. The van der Waals surface area contributed by atoms with Gasteiger partial charge in [0.05, 0.1) is 12.3 Å². The lowest BCUT2D eigenvalue weighted by atomic mass is 9.89. The monoisotopic (exact) mass is 238 g/mol. The first-order valence-corrected chi connectivity index (χ1v) is 6.64. The predicted octanol–water partition coefficient (Wildman–Crippen LogP) is 2.88. The van der Waals surface area contributed by atoms with Gasteiger partial charge < -0.3 is 4.74 Å². The van der Waals surface area contributed by atoms with Crippen molar-refractivity contribution < 1.29 is 9.53 Å². The number of H-pyrrole nitrogens is 1. The van der Waals surface area contributed by atoms with Crippen LogP contribution in [0.1, 0.15) is 55.2 Å². The lowest BCUT2D eigenvalue weighted by Crippen LogP contribution is -2.27. The van der Waals surface area contributed by atoms with Crippen LogP contribution >= 0.6 is 0 Å². The molecule has 0 spiro atoms. The second-order valence-electron chi connectivity index (χ2n) is 4.91. The van der Waals surface area contributed by atoms with Gasteiger partial charge in [-0.2, -0.15) is 0 Å². The number of esters is 1. The molecule has 0 amide bonds. The maximum atomic E-state index is 11.5. The topological polar surface area (TPSA) is 47.0 Å². The van der Waals surface area contributed by atoms with Crippen LogP contribution in [0, 0.1) is 12.8 Å². The summed E-state index contributed by atoms with van der Waals surface area (Å²) in [6, 6.07) is 0. The fraction of sp³-hybridized carbons (Fsp3) is 0.769. The van der Waals surface area contributed by atoms with Crippen LogP contribution < -0.4 is 0 Å². The summed E-state index contributed by atoms with van der Waals surface area (Å²) in [5, 5.41) is 3.10. The van der Waals surface area contributed by atoms with Crippen molar-refractivity contribution in [3.05, 3.63) is 11.4 Å². The van der Waals surface area contributed by atoms with Gasteiger partial charge in [-0.1, -0.05) is 19.3 Å². The third kappa shape index (κ3) is 2.73. The molecule has 0 bridgehead atoms. The summed E-state index contributed by atoms with van der Waals surface area (Å²) in [6.07, 6.45) is 6.73. The van der Waals surface area contributed by atoms with Gasteiger partial charge in [0, 0.05) is 6.54 Å². The van der Waals surface area contributed by atoms with E-state index in [1.807, 2.05) is 13.8 Å². The average molecular weight is 238 g/mol. The van der Waals surface area contributed by atoms with E-state index < -0.39 is 0 Å². The van der Waals surface area contributed by atoms with E-state index in [2.05, 4.69) is 9.78 Å². The van der Waals surface area contributed by atoms with Crippen LogP contribution in [0.4, 0.5) is 0 Å². The molecule has 1 aromatic rings. The van der Waals surface area contributed by atoms with Crippen molar-refractivity contribution in [3.8, 4) is 0 Å². The Bertz CT molecular complexity index is 373. The Morgan fingerprint density at radius 3 is 2.71 bits per heavy atom. The number of nitrogens with zero attached hydrogens (tertiary/aromatic N) is 1. The summed E-state index contributed by atoms with van der Waals surface area (Å²) < 4.78 is 7.05. The molecular weight excluding hydrogens is 216 g/mol. The molecule has 4 nitrogen and oxygen atoms in total. The second kappa shape index (κ2) is 5.43. The number of rotatable bonds is 4. The molecule has 4 heteroatoms. The van der Waals surface area contributed by atoms with Crippen LogP contribution in [-0.2, 0) is 11.3 Å². The van der Waals surface area contributed by atoms with Crippen molar-refractivity contribution in [3.63, 3.8) is 0 Å². The van der Waals surface area contributed by atoms with Gasteiger partial charge in [-0.3, -0.25) is 9.78 Å². The molecule has 1 aromatic heterocycles. The lowest BCUT2D eigenvalue weighted by Gasteiger charge is -2.27. The molecule has 1 aliphatic carbocycles. The van der Waals surface area contributed by atoms with Crippen LogP contribution in [0.25, 0.3) is 0 Å². The molecule has 2 rings (SSSR count). The van der Waals surface area contributed by atoms with E-state index in [1.165, 1.54) is 32.1 Å². The first-order chi connectivity index (χ1) is 8.22. The maximum absolute atomic E-state index is 11.5. The van der Waals surface area contributed by atoms with Gasteiger partial charge in [0.1, 0.15) is 0 Å². The smallest absolute Gasteiger partial charge is 0.358 e. The SMILES string of the molecule is CCOC(=O)c1[nH]n(CC2CCCCC2)c1C. The molecular formula is C13H22N2O2. The van der Waals surface area contributed by atoms with E-state index in [0.717, 1.165) is 18.2 Å². The Morgan fingerprint density at radius 1 is 1.41 bits per heavy atom. The molecule has 1 saturated carbocycles. The molecule has 1 heterocycles. The fourth-order valence-corrected chi connectivity index (χ4v) is 2.59. The summed E-state index contributed by atoms with van der Waals surface area (Å²) in [6.45, 7) is 5.26. The van der Waals surface area contributed by atoms with Crippen molar-refractivity contribution in [2.24, 2.45) is 5.92 Å². The Kier molecular flexibility index (Phi) is 3.92. The number of nitrogens with one attached hydrogen (secondary N) is 1. The molecule has 1 fully saturated rings. The molecule has 0 aliphatic heterocycles. The van der Waals surface area contributed by atoms with Crippen LogP contribution in [0.15, 0.2) is 0 Å². The number of aromatic nitrogens is 2. The van der Waals surface area contributed by atoms with Crippen molar-refractivity contribution in [2.75, 3.05) is 6.61 Å². The molecule has 17 heavy (non-hydrogen) atoms. The van der Waals surface area contributed by atoms with E-state index in [4.69, 9.17) is 4.74 Å². The summed E-state index contributed by atoms with van der Waals surface area (Å²) in [5.74, 6) is 0.542. The van der Waals surface area contributed by atoms with Crippen molar-refractivity contribution >= 4 is 5.97 Å².